The van der Waals surface area contributed by atoms with E-state index in [1.807, 2.05) is 0 Å². The van der Waals surface area contributed by atoms with Crippen molar-refractivity contribution < 1.29 is 9.53 Å². The predicted molar refractivity (Wildman–Crippen MR) is 117 cm³/mol. The number of ether oxygens (including phenoxy) is 1. The van der Waals surface area contributed by atoms with E-state index in [1.165, 1.54) is 83.5 Å². The lowest BCUT2D eigenvalue weighted by atomic mass is 9.69. The molecule has 2 nitrogen and oxygen atoms in total. The smallest absolute Gasteiger partial charge is 0.309 e. The number of unbranched alkanes of at least 4 members (excludes halogenated alkanes) is 3. The SMILES string of the molecule is CCCCCCC1CCC(OC(=O)C2CCC(C3CCC(C)CC3)CC2)CC1. The van der Waals surface area contributed by atoms with Gasteiger partial charge in [-0.25, -0.2) is 0 Å². The van der Waals surface area contributed by atoms with Gasteiger partial charge in [0.1, 0.15) is 6.10 Å². The molecule has 2 heteroatoms. The Morgan fingerprint density at radius 3 is 1.96 bits per heavy atom. The summed E-state index contributed by atoms with van der Waals surface area (Å²) in [6.45, 7) is 4.69. The summed E-state index contributed by atoms with van der Waals surface area (Å²) in [6, 6.07) is 0. The molecule has 0 radical (unpaired) electrons. The van der Waals surface area contributed by atoms with Crippen LogP contribution in [0.15, 0.2) is 0 Å². The first-order valence-corrected chi connectivity index (χ1v) is 12.9. The van der Waals surface area contributed by atoms with Crippen molar-refractivity contribution in [2.75, 3.05) is 0 Å². The summed E-state index contributed by atoms with van der Waals surface area (Å²) in [4.78, 5) is 12.7. The standard InChI is InChI=1S/C26H46O2/c1-3-4-5-6-7-21-10-18-25(19-11-21)28-26(27)24-16-14-23(15-17-24)22-12-8-20(2)9-13-22/h20-25H,3-19H2,1-2H3. The molecule has 3 aliphatic rings. The van der Waals surface area contributed by atoms with Crippen LogP contribution < -0.4 is 0 Å². The zero-order valence-electron chi connectivity index (χ0n) is 18.8. The maximum Gasteiger partial charge on any atom is 0.309 e. The van der Waals surface area contributed by atoms with Gasteiger partial charge in [0.2, 0.25) is 0 Å². The van der Waals surface area contributed by atoms with Gasteiger partial charge in [0, 0.05) is 0 Å². The molecule has 0 unspecified atom stereocenters. The fourth-order valence-corrected chi connectivity index (χ4v) is 6.24. The predicted octanol–water partition coefficient (Wildman–Crippen LogP) is 7.69. The van der Waals surface area contributed by atoms with Crippen LogP contribution in [0.1, 0.15) is 123 Å². The normalized spacial score (nSPS) is 36.8. The Balaban J connectivity index is 1.30. The first kappa shape index (κ1) is 22.2. The van der Waals surface area contributed by atoms with E-state index >= 15 is 0 Å². The van der Waals surface area contributed by atoms with Crippen molar-refractivity contribution in [2.45, 2.75) is 129 Å². The summed E-state index contributed by atoms with van der Waals surface area (Å²) in [5.41, 5.74) is 0. The summed E-state index contributed by atoms with van der Waals surface area (Å²) in [5, 5.41) is 0. The van der Waals surface area contributed by atoms with Gasteiger partial charge in [0.15, 0.2) is 0 Å². The van der Waals surface area contributed by atoms with Crippen LogP contribution in [0, 0.1) is 29.6 Å². The van der Waals surface area contributed by atoms with Crippen LogP contribution in [-0.2, 0) is 9.53 Å². The lowest BCUT2D eigenvalue weighted by Gasteiger charge is -2.37. The lowest BCUT2D eigenvalue weighted by molar-refractivity contribution is -0.157. The van der Waals surface area contributed by atoms with Crippen LogP contribution >= 0.6 is 0 Å². The minimum Gasteiger partial charge on any atom is -0.462 e. The van der Waals surface area contributed by atoms with E-state index in [0.29, 0.717) is 0 Å². The highest BCUT2D eigenvalue weighted by atomic mass is 16.5. The van der Waals surface area contributed by atoms with Gasteiger partial charge in [-0.3, -0.25) is 4.79 Å². The molecule has 0 spiro atoms. The Morgan fingerprint density at radius 2 is 1.36 bits per heavy atom. The van der Waals surface area contributed by atoms with Crippen molar-refractivity contribution >= 4 is 5.97 Å². The molecule has 0 bridgehead atoms. The zero-order chi connectivity index (χ0) is 19.8. The van der Waals surface area contributed by atoms with Gasteiger partial charge in [-0.05, 0) is 87.9 Å². The van der Waals surface area contributed by atoms with Crippen molar-refractivity contribution in [1.82, 2.24) is 0 Å². The maximum atomic E-state index is 12.7. The minimum atomic E-state index is 0.141. The van der Waals surface area contributed by atoms with Gasteiger partial charge >= 0.3 is 5.97 Å². The number of rotatable bonds is 8. The Hall–Kier alpha value is -0.530. The summed E-state index contributed by atoms with van der Waals surface area (Å²) >= 11 is 0. The first-order chi connectivity index (χ1) is 13.7. The van der Waals surface area contributed by atoms with E-state index < -0.39 is 0 Å². The maximum absolute atomic E-state index is 12.7. The third kappa shape index (κ3) is 6.77. The van der Waals surface area contributed by atoms with Crippen molar-refractivity contribution in [3.8, 4) is 0 Å². The van der Waals surface area contributed by atoms with Crippen molar-refractivity contribution in [1.29, 1.82) is 0 Å². The summed E-state index contributed by atoms with van der Waals surface area (Å²) in [6.07, 6.45) is 22.3. The van der Waals surface area contributed by atoms with Gasteiger partial charge in [0.25, 0.3) is 0 Å². The van der Waals surface area contributed by atoms with E-state index in [4.69, 9.17) is 4.74 Å². The molecule has 0 amide bonds. The molecule has 0 aromatic rings. The van der Waals surface area contributed by atoms with Crippen molar-refractivity contribution in [3.63, 3.8) is 0 Å². The number of hydrogen-bond donors (Lipinski definition) is 0. The minimum absolute atomic E-state index is 0.141. The Bertz CT molecular complexity index is 435. The Kier molecular flexibility index (Phi) is 9.18. The molecule has 0 saturated heterocycles. The van der Waals surface area contributed by atoms with Crippen LogP contribution in [-0.4, -0.2) is 12.1 Å². The van der Waals surface area contributed by atoms with E-state index in [1.54, 1.807) is 0 Å². The van der Waals surface area contributed by atoms with Crippen LogP contribution in [0.4, 0.5) is 0 Å². The van der Waals surface area contributed by atoms with Crippen LogP contribution in [0.25, 0.3) is 0 Å². The lowest BCUT2D eigenvalue weighted by Crippen LogP contribution is -2.32. The van der Waals surface area contributed by atoms with Crippen molar-refractivity contribution in [2.24, 2.45) is 29.6 Å². The van der Waals surface area contributed by atoms with Gasteiger partial charge in [0.05, 0.1) is 5.92 Å². The van der Waals surface area contributed by atoms with Gasteiger partial charge in [-0.2, -0.15) is 0 Å². The highest BCUT2D eigenvalue weighted by molar-refractivity contribution is 5.72. The Labute approximate surface area is 174 Å². The second kappa shape index (κ2) is 11.6. The van der Waals surface area contributed by atoms with Gasteiger partial charge < -0.3 is 4.74 Å². The molecule has 3 aliphatic carbocycles. The monoisotopic (exact) mass is 390 g/mol. The summed E-state index contributed by atoms with van der Waals surface area (Å²) in [5.74, 6) is 4.00. The molecule has 0 heterocycles. The molecule has 0 N–H and O–H groups in total. The largest absolute Gasteiger partial charge is 0.462 e. The van der Waals surface area contributed by atoms with Gasteiger partial charge in [-0.1, -0.05) is 58.8 Å². The van der Waals surface area contributed by atoms with E-state index in [9.17, 15) is 4.79 Å². The number of carbonyl (C=O) groups excluding carboxylic acids is 1. The molecular weight excluding hydrogens is 344 g/mol. The molecule has 0 aromatic carbocycles. The fraction of sp³-hybridized carbons (Fsp3) is 0.962. The highest BCUT2D eigenvalue weighted by Gasteiger charge is 2.34. The molecule has 0 aliphatic heterocycles. The molecule has 0 aromatic heterocycles. The molecule has 0 atom stereocenters. The molecule has 3 fully saturated rings. The topological polar surface area (TPSA) is 26.3 Å². The second-order valence-electron chi connectivity index (χ2n) is 10.6. The molecule has 28 heavy (non-hydrogen) atoms. The third-order valence-electron chi connectivity index (χ3n) is 8.37. The van der Waals surface area contributed by atoms with Crippen LogP contribution in [0.2, 0.25) is 0 Å². The number of carbonyl (C=O) groups is 1. The van der Waals surface area contributed by atoms with E-state index in [0.717, 1.165) is 49.4 Å². The number of hydrogen-bond acceptors (Lipinski definition) is 2. The quantitative estimate of drug-likeness (QED) is 0.313. The van der Waals surface area contributed by atoms with Crippen LogP contribution in [0.5, 0.6) is 0 Å². The molecule has 3 saturated carbocycles. The molecule has 3 rings (SSSR count). The zero-order valence-corrected chi connectivity index (χ0v) is 18.8. The van der Waals surface area contributed by atoms with Crippen LogP contribution in [0.3, 0.4) is 0 Å². The average molecular weight is 391 g/mol. The first-order valence-electron chi connectivity index (χ1n) is 12.9. The van der Waals surface area contributed by atoms with E-state index in [-0.39, 0.29) is 18.0 Å². The third-order valence-corrected chi connectivity index (χ3v) is 8.37. The van der Waals surface area contributed by atoms with Crippen molar-refractivity contribution in [3.05, 3.63) is 0 Å². The highest BCUT2D eigenvalue weighted by Crippen LogP contribution is 2.41. The fourth-order valence-electron chi connectivity index (χ4n) is 6.24. The Morgan fingerprint density at radius 1 is 0.750 bits per heavy atom. The second-order valence-corrected chi connectivity index (χ2v) is 10.6. The summed E-state index contributed by atoms with van der Waals surface area (Å²) < 4.78 is 5.98. The van der Waals surface area contributed by atoms with E-state index in [2.05, 4.69) is 13.8 Å². The molecule has 162 valence electrons. The molecular formula is C26H46O2. The van der Waals surface area contributed by atoms with Gasteiger partial charge in [-0.15, -0.1) is 0 Å². The summed E-state index contributed by atoms with van der Waals surface area (Å²) in [7, 11) is 0. The average Bonchev–Trinajstić information content (AvgIpc) is 2.73. The number of esters is 1.